The average molecular weight is 380 g/mol. The monoisotopic (exact) mass is 379 g/mol. The number of likely N-dealkylation sites (tertiary alicyclic amines) is 1. The number of carbonyl (C=O) groups excluding carboxylic acids is 1. The fraction of sp³-hybridized carbons (Fsp3) is 0.500. The van der Waals surface area contributed by atoms with Gasteiger partial charge in [-0.2, -0.15) is 0 Å². The van der Waals surface area contributed by atoms with Gasteiger partial charge in [-0.25, -0.2) is 4.98 Å². The fourth-order valence-corrected chi connectivity index (χ4v) is 3.41. The van der Waals surface area contributed by atoms with Gasteiger partial charge in [-0.1, -0.05) is 11.6 Å². The van der Waals surface area contributed by atoms with Crippen LogP contribution < -0.4 is 5.56 Å². The first kappa shape index (κ1) is 18.8. The van der Waals surface area contributed by atoms with Crippen LogP contribution in [-0.4, -0.2) is 57.9 Å². The van der Waals surface area contributed by atoms with E-state index < -0.39 is 5.60 Å². The molecule has 0 bridgehead atoms. The lowest BCUT2D eigenvalue weighted by Gasteiger charge is -2.38. The number of hydrogen-bond donors (Lipinski definition) is 1. The smallest absolute Gasteiger partial charge is 0.261 e. The summed E-state index contributed by atoms with van der Waals surface area (Å²) in [5.41, 5.74) is -0.716. The Kier molecular flexibility index (Phi) is 5.60. The molecule has 0 saturated carbocycles. The second-order valence-corrected chi connectivity index (χ2v) is 7.12. The maximum Gasteiger partial charge on any atom is 0.261 e. The Morgan fingerprint density at radius 2 is 2.12 bits per heavy atom. The van der Waals surface area contributed by atoms with E-state index in [0.29, 0.717) is 54.9 Å². The molecule has 1 amide bonds. The molecule has 8 heteroatoms. The number of benzene rings is 1. The van der Waals surface area contributed by atoms with E-state index in [1.807, 2.05) is 0 Å². The van der Waals surface area contributed by atoms with Crippen molar-refractivity contribution in [2.24, 2.45) is 0 Å². The number of hydrogen-bond acceptors (Lipinski definition) is 5. The van der Waals surface area contributed by atoms with E-state index in [4.69, 9.17) is 16.3 Å². The Hall–Kier alpha value is -1.96. The molecule has 7 nitrogen and oxygen atoms in total. The average Bonchev–Trinajstić information content (AvgIpc) is 2.62. The van der Waals surface area contributed by atoms with Crippen molar-refractivity contribution in [2.45, 2.75) is 31.4 Å². The minimum atomic E-state index is -1.04. The predicted molar refractivity (Wildman–Crippen MR) is 98.3 cm³/mol. The van der Waals surface area contributed by atoms with E-state index in [1.165, 1.54) is 10.9 Å². The maximum absolute atomic E-state index is 12.6. The van der Waals surface area contributed by atoms with Crippen LogP contribution in [0, 0.1) is 0 Å². The van der Waals surface area contributed by atoms with Gasteiger partial charge in [0.05, 0.1) is 42.4 Å². The summed E-state index contributed by atoms with van der Waals surface area (Å²) >= 11 is 5.93. The number of methoxy groups -OCH3 is 1. The molecule has 1 aromatic heterocycles. The molecule has 1 fully saturated rings. The number of rotatable bonds is 5. The fourth-order valence-electron chi connectivity index (χ4n) is 3.24. The van der Waals surface area contributed by atoms with E-state index >= 15 is 0 Å². The molecule has 26 heavy (non-hydrogen) atoms. The highest BCUT2D eigenvalue weighted by Crippen LogP contribution is 2.24. The van der Waals surface area contributed by atoms with Gasteiger partial charge in [0.15, 0.2) is 0 Å². The van der Waals surface area contributed by atoms with Gasteiger partial charge in [0.25, 0.3) is 5.56 Å². The third-order valence-electron chi connectivity index (χ3n) is 4.82. The Morgan fingerprint density at radius 3 is 2.81 bits per heavy atom. The number of aliphatic hydroxyl groups is 1. The second-order valence-electron chi connectivity index (χ2n) is 6.69. The number of amides is 1. The Morgan fingerprint density at radius 1 is 1.38 bits per heavy atom. The number of nitrogens with zero attached hydrogens (tertiary/aromatic N) is 3. The minimum Gasteiger partial charge on any atom is -0.388 e. The number of aromatic nitrogens is 2. The first-order valence-corrected chi connectivity index (χ1v) is 8.93. The highest BCUT2D eigenvalue weighted by atomic mass is 35.5. The van der Waals surface area contributed by atoms with Gasteiger partial charge in [-0.3, -0.25) is 14.2 Å². The number of piperidine rings is 1. The lowest BCUT2D eigenvalue weighted by Crippen LogP contribution is -2.49. The summed E-state index contributed by atoms with van der Waals surface area (Å²) in [7, 11) is 1.56. The van der Waals surface area contributed by atoms with Crippen molar-refractivity contribution in [1.82, 2.24) is 14.5 Å². The molecule has 0 spiro atoms. The standard InChI is InChI=1S/C18H22ClN3O4/c1-26-9-4-16(23)21-7-5-18(25,6-8-21)11-22-12-20-15-10-13(19)2-3-14(15)17(22)24/h2-3,10,12,25H,4-9,11H2,1H3. The summed E-state index contributed by atoms with van der Waals surface area (Å²) in [6.07, 6.45) is 2.61. The molecule has 0 radical (unpaired) electrons. The SMILES string of the molecule is COCCC(=O)N1CCC(O)(Cn2cnc3cc(Cl)ccc3c2=O)CC1. The molecule has 2 aromatic rings. The van der Waals surface area contributed by atoms with E-state index in [-0.39, 0.29) is 18.0 Å². The van der Waals surface area contributed by atoms with Crippen LogP contribution in [0.3, 0.4) is 0 Å². The van der Waals surface area contributed by atoms with Gasteiger partial charge in [0, 0.05) is 25.2 Å². The molecular formula is C18H22ClN3O4. The predicted octanol–water partition coefficient (Wildman–Crippen LogP) is 1.44. The topological polar surface area (TPSA) is 84.7 Å². The van der Waals surface area contributed by atoms with Crippen LogP contribution in [0.2, 0.25) is 5.02 Å². The summed E-state index contributed by atoms with van der Waals surface area (Å²) in [4.78, 5) is 30.7. The van der Waals surface area contributed by atoms with E-state index in [2.05, 4.69) is 4.98 Å². The molecule has 2 heterocycles. The third-order valence-corrected chi connectivity index (χ3v) is 5.05. The largest absolute Gasteiger partial charge is 0.388 e. The Labute approximate surface area is 156 Å². The van der Waals surface area contributed by atoms with Crippen LogP contribution in [0.25, 0.3) is 10.9 Å². The van der Waals surface area contributed by atoms with E-state index in [0.717, 1.165) is 0 Å². The van der Waals surface area contributed by atoms with Gasteiger partial charge in [0.1, 0.15) is 0 Å². The van der Waals surface area contributed by atoms with Gasteiger partial charge >= 0.3 is 0 Å². The van der Waals surface area contributed by atoms with E-state index in [9.17, 15) is 14.7 Å². The zero-order valence-corrected chi connectivity index (χ0v) is 15.4. The summed E-state index contributed by atoms with van der Waals surface area (Å²) in [5.74, 6) is 0.0234. The first-order chi connectivity index (χ1) is 12.4. The van der Waals surface area contributed by atoms with Crippen molar-refractivity contribution in [3.8, 4) is 0 Å². The number of halogens is 1. The zero-order valence-electron chi connectivity index (χ0n) is 14.7. The van der Waals surface area contributed by atoms with Gasteiger partial charge in [-0.15, -0.1) is 0 Å². The molecular weight excluding hydrogens is 358 g/mol. The molecule has 0 unspecified atom stereocenters. The molecule has 0 atom stereocenters. The van der Waals surface area contributed by atoms with Crippen molar-refractivity contribution in [3.63, 3.8) is 0 Å². The van der Waals surface area contributed by atoms with Crippen LogP contribution >= 0.6 is 11.6 Å². The van der Waals surface area contributed by atoms with Gasteiger partial charge < -0.3 is 14.7 Å². The first-order valence-electron chi connectivity index (χ1n) is 8.56. The molecule has 3 rings (SSSR count). The molecule has 1 aliphatic heterocycles. The van der Waals surface area contributed by atoms with Crippen molar-refractivity contribution < 1.29 is 14.6 Å². The van der Waals surface area contributed by atoms with Gasteiger partial charge in [-0.05, 0) is 31.0 Å². The number of ether oxygens (including phenoxy) is 1. The molecule has 1 aliphatic rings. The third kappa shape index (κ3) is 4.06. The van der Waals surface area contributed by atoms with E-state index in [1.54, 1.807) is 30.2 Å². The minimum absolute atomic E-state index is 0.0234. The summed E-state index contributed by atoms with van der Waals surface area (Å²) in [6, 6.07) is 4.93. The summed E-state index contributed by atoms with van der Waals surface area (Å²) < 4.78 is 6.36. The van der Waals surface area contributed by atoms with Crippen LogP contribution in [0.5, 0.6) is 0 Å². The van der Waals surface area contributed by atoms with Crippen molar-refractivity contribution >= 4 is 28.4 Å². The molecule has 1 N–H and O–H groups in total. The summed E-state index contributed by atoms with van der Waals surface area (Å²) in [5, 5.41) is 11.9. The number of fused-ring (bicyclic) bond motifs is 1. The zero-order chi connectivity index (χ0) is 18.7. The van der Waals surface area contributed by atoms with Crippen LogP contribution in [0.15, 0.2) is 29.3 Å². The van der Waals surface area contributed by atoms with Crippen LogP contribution in [0.1, 0.15) is 19.3 Å². The lowest BCUT2D eigenvalue weighted by atomic mass is 9.91. The molecule has 0 aliphatic carbocycles. The highest BCUT2D eigenvalue weighted by molar-refractivity contribution is 6.31. The Bertz CT molecular complexity index is 859. The normalized spacial score (nSPS) is 16.8. The lowest BCUT2D eigenvalue weighted by molar-refractivity contribution is -0.136. The van der Waals surface area contributed by atoms with Crippen LogP contribution in [0.4, 0.5) is 0 Å². The van der Waals surface area contributed by atoms with Crippen molar-refractivity contribution in [2.75, 3.05) is 26.8 Å². The van der Waals surface area contributed by atoms with Crippen LogP contribution in [-0.2, 0) is 16.1 Å². The van der Waals surface area contributed by atoms with Crippen molar-refractivity contribution in [3.05, 3.63) is 39.9 Å². The molecule has 140 valence electrons. The Balaban J connectivity index is 1.70. The maximum atomic E-state index is 12.6. The summed E-state index contributed by atoms with van der Waals surface area (Å²) in [6.45, 7) is 1.47. The highest BCUT2D eigenvalue weighted by Gasteiger charge is 2.34. The molecule has 1 aromatic carbocycles. The molecule has 1 saturated heterocycles. The van der Waals surface area contributed by atoms with Crippen molar-refractivity contribution in [1.29, 1.82) is 0 Å². The number of carbonyl (C=O) groups is 1. The quantitative estimate of drug-likeness (QED) is 0.849. The van der Waals surface area contributed by atoms with Gasteiger partial charge in [0.2, 0.25) is 5.91 Å². The second kappa shape index (κ2) is 7.73.